The molecule has 0 bridgehead atoms. The average Bonchev–Trinajstić information content (AvgIpc) is 2.61. The van der Waals surface area contributed by atoms with E-state index in [4.69, 9.17) is 19.3 Å². The van der Waals surface area contributed by atoms with Crippen LogP contribution in [0.25, 0.3) is 0 Å². The van der Waals surface area contributed by atoms with E-state index in [2.05, 4.69) is 21.2 Å². The fourth-order valence-electron chi connectivity index (χ4n) is 1.84. The fraction of sp³-hybridized carbons (Fsp3) is 0.471. The lowest BCUT2D eigenvalue weighted by Crippen LogP contribution is -2.29. The van der Waals surface area contributed by atoms with Crippen LogP contribution in [0, 0.1) is 0 Å². The zero-order valence-electron chi connectivity index (χ0n) is 15.7. The standard InChI is InChI=1S/C9H8BrNO3.C8H17O5P/c10-7-3-1-6(2-4-7)9(14)11-5-8(12)13;1-3-12-14(11,13-4-2)7-5-6-8(9)10/h1-4H,5H2,(H,11,14)(H,12,13);3-7H2,1-2H3,(H,9,10). The molecule has 158 valence electrons. The second-order valence-electron chi connectivity index (χ2n) is 5.25. The number of halogens is 1. The van der Waals surface area contributed by atoms with E-state index in [1.165, 1.54) is 0 Å². The van der Waals surface area contributed by atoms with Gasteiger partial charge in [0.1, 0.15) is 6.54 Å². The van der Waals surface area contributed by atoms with E-state index < -0.39 is 19.5 Å². The van der Waals surface area contributed by atoms with E-state index >= 15 is 0 Å². The zero-order valence-corrected chi connectivity index (χ0v) is 18.2. The van der Waals surface area contributed by atoms with Crippen molar-refractivity contribution in [2.24, 2.45) is 0 Å². The highest BCUT2D eigenvalue weighted by Crippen LogP contribution is 2.48. The van der Waals surface area contributed by atoms with Gasteiger partial charge in [0.15, 0.2) is 0 Å². The van der Waals surface area contributed by atoms with Crippen LogP contribution >= 0.6 is 23.5 Å². The van der Waals surface area contributed by atoms with Crippen LogP contribution in [0.1, 0.15) is 37.0 Å². The van der Waals surface area contributed by atoms with Crippen LogP contribution in [0.15, 0.2) is 28.7 Å². The summed E-state index contributed by atoms with van der Waals surface area (Å²) in [6.07, 6.45) is 0.470. The molecule has 1 aromatic carbocycles. The van der Waals surface area contributed by atoms with Gasteiger partial charge in [-0.25, -0.2) is 0 Å². The number of hydrogen-bond donors (Lipinski definition) is 3. The Kier molecular flexibility index (Phi) is 13.4. The number of aliphatic carboxylic acids is 2. The molecular formula is C17H25BrNO8P. The van der Waals surface area contributed by atoms with Crippen LogP contribution in [0.5, 0.6) is 0 Å². The van der Waals surface area contributed by atoms with Crippen LogP contribution in [0.3, 0.4) is 0 Å². The monoisotopic (exact) mass is 481 g/mol. The molecule has 0 heterocycles. The minimum Gasteiger partial charge on any atom is -0.481 e. The molecule has 0 aliphatic rings. The average molecular weight is 482 g/mol. The summed E-state index contributed by atoms with van der Waals surface area (Å²) in [6.45, 7) is 3.70. The summed E-state index contributed by atoms with van der Waals surface area (Å²) < 4.78 is 22.6. The SMILES string of the molecule is CCOP(=O)(CCCC(=O)O)OCC.O=C(O)CNC(=O)c1ccc(Br)cc1. The Hall–Kier alpha value is -1.74. The van der Waals surface area contributed by atoms with Crippen molar-refractivity contribution in [1.82, 2.24) is 5.32 Å². The van der Waals surface area contributed by atoms with Crippen LogP contribution < -0.4 is 5.32 Å². The molecule has 0 atom stereocenters. The topological polar surface area (TPSA) is 139 Å². The largest absolute Gasteiger partial charge is 0.481 e. The second kappa shape index (κ2) is 14.3. The summed E-state index contributed by atoms with van der Waals surface area (Å²) in [5.74, 6) is -2.35. The Bertz CT molecular complexity index is 670. The van der Waals surface area contributed by atoms with E-state index in [1.807, 2.05) is 0 Å². The van der Waals surface area contributed by atoms with Gasteiger partial charge >= 0.3 is 19.5 Å². The van der Waals surface area contributed by atoms with Crippen molar-refractivity contribution in [3.63, 3.8) is 0 Å². The fourth-order valence-corrected chi connectivity index (χ4v) is 3.77. The Morgan fingerprint density at radius 1 is 1.04 bits per heavy atom. The Morgan fingerprint density at radius 2 is 1.57 bits per heavy atom. The first-order chi connectivity index (χ1) is 13.1. The van der Waals surface area contributed by atoms with Gasteiger partial charge in [0.25, 0.3) is 5.91 Å². The van der Waals surface area contributed by atoms with Gasteiger partial charge in [-0.15, -0.1) is 0 Å². The molecule has 28 heavy (non-hydrogen) atoms. The number of hydrogen-bond acceptors (Lipinski definition) is 6. The summed E-state index contributed by atoms with van der Waals surface area (Å²) in [5.41, 5.74) is 0.439. The van der Waals surface area contributed by atoms with Gasteiger partial charge in [0, 0.05) is 16.5 Å². The van der Waals surface area contributed by atoms with E-state index in [9.17, 15) is 18.9 Å². The molecule has 0 saturated heterocycles. The number of nitrogens with one attached hydrogen (secondary N) is 1. The maximum atomic E-state index is 11.8. The van der Waals surface area contributed by atoms with Gasteiger partial charge in [0.2, 0.25) is 0 Å². The third-order valence-corrected chi connectivity index (χ3v) is 5.68. The van der Waals surface area contributed by atoms with Crippen LogP contribution in [0.4, 0.5) is 0 Å². The van der Waals surface area contributed by atoms with E-state index in [0.717, 1.165) is 4.47 Å². The lowest BCUT2D eigenvalue weighted by molar-refractivity contribution is -0.137. The molecule has 3 N–H and O–H groups in total. The molecule has 0 aliphatic heterocycles. The molecule has 0 spiro atoms. The molecular weight excluding hydrogens is 457 g/mol. The number of rotatable bonds is 11. The summed E-state index contributed by atoms with van der Waals surface area (Å²) in [5, 5.41) is 19.0. The smallest absolute Gasteiger partial charge is 0.330 e. The van der Waals surface area contributed by atoms with Gasteiger partial charge in [-0.2, -0.15) is 0 Å². The molecule has 1 rings (SSSR count). The number of carbonyl (C=O) groups excluding carboxylic acids is 1. The number of carboxylic acid groups (broad SMARTS) is 2. The number of amides is 1. The van der Waals surface area contributed by atoms with Crippen molar-refractivity contribution >= 4 is 41.4 Å². The molecule has 0 radical (unpaired) electrons. The van der Waals surface area contributed by atoms with Gasteiger partial charge < -0.3 is 24.6 Å². The minimum atomic E-state index is -3.04. The molecule has 0 fully saturated rings. The van der Waals surface area contributed by atoms with Crippen LogP contribution in [-0.4, -0.2) is 54.0 Å². The van der Waals surface area contributed by atoms with Crippen molar-refractivity contribution in [1.29, 1.82) is 0 Å². The molecule has 1 aromatic rings. The molecule has 9 nitrogen and oxygen atoms in total. The zero-order chi connectivity index (χ0) is 21.6. The normalized spacial score (nSPS) is 10.5. The Labute approximate surface area is 172 Å². The quantitative estimate of drug-likeness (QED) is 0.408. The van der Waals surface area contributed by atoms with Crippen molar-refractivity contribution in [2.75, 3.05) is 25.9 Å². The third kappa shape index (κ3) is 12.6. The van der Waals surface area contributed by atoms with Gasteiger partial charge in [-0.3, -0.25) is 18.9 Å². The van der Waals surface area contributed by atoms with E-state index in [0.29, 0.717) is 25.2 Å². The van der Waals surface area contributed by atoms with Crippen molar-refractivity contribution < 1.29 is 38.2 Å². The van der Waals surface area contributed by atoms with Crippen LogP contribution in [0.2, 0.25) is 0 Å². The summed E-state index contributed by atoms with van der Waals surface area (Å²) >= 11 is 3.23. The minimum absolute atomic E-state index is 0.00978. The first-order valence-corrected chi connectivity index (χ1v) is 11.0. The van der Waals surface area contributed by atoms with Gasteiger partial charge in [0.05, 0.1) is 19.4 Å². The van der Waals surface area contributed by atoms with Crippen molar-refractivity contribution in [3.05, 3.63) is 34.3 Å². The first-order valence-electron chi connectivity index (χ1n) is 8.49. The van der Waals surface area contributed by atoms with Gasteiger partial charge in [-0.1, -0.05) is 15.9 Å². The van der Waals surface area contributed by atoms with Crippen molar-refractivity contribution in [2.45, 2.75) is 26.7 Å². The maximum Gasteiger partial charge on any atom is 0.330 e. The Morgan fingerprint density at radius 3 is 2.00 bits per heavy atom. The Balaban J connectivity index is 0.000000521. The molecule has 1 amide bonds. The molecule has 11 heteroatoms. The predicted molar refractivity (Wildman–Crippen MR) is 107 cm³/mol. The highest BCUT2D eigenvalue weighted by atomic mass is 79.9. The number of benzene rings is 1. The summed E-state index contributed by atoms with van der Waals surface area (Å²) in [4.78, 5) is 31.7. The predicted octanol–water partition coefficient (Wildman–Crippen LogP) is 3.38. The van der Waals surface area contributed by atoms with E-state index in [1.54, 1.807) is 38.1 Å². The second-order valence-corrected chi connectivity index (χ2v) is 8.35. The lowest BCUT2D eigenvalue weighted by atomic mass is 10.2. The number of carboxylic acids is 2. The maximum absolute atomic E-state index is 11.8. The number of carbonyl (C=O) groups is 3. The highest BCUT2D eigenvalue weighted by molar-refractivity contribution is 9.10. The van der Waals surface area contributed by atoms with Crippen LogP contribution in [-0.2, 0) is 23.2 Å². The lowest BCUT2D eigenvalue weighted by Gasteiger charge is -2.16. The molecule has 0 saturated carbocycles. The molecule has 0 aliphatic carbocycles. The summed E-state index contributed by atoms with van der Waals surface area (Å²) in [6, 6.07) is 6.66. The van der Waals surface area contributed by atoms with Gasteiger partial charge in [-0.05, 0) is 44.5 Å². The third-order valence-electron chi connectivity index (χ3n) is 2.98. The van der Waals surface area contributed by atoms with E-state index in [-0.39, 0.29) is 25.0 Å². The summed E-state index contributed by atoms with van der Waals surface area (Å²) in [7, 11) is -3.04. The molecule has 0 aromatic heterocycles. The first kappa shape index (κ1) is 26.3. The molecule has 0 unspecified atom stereocenters. The van der Waals surface area contributed by atoms with Crippen molar-refractivity contribution in [3.8, 4) is 0 Å². The highest BCUT2D eigenvalue weighted by Gasteiger charge is 2.22.